The van der Waals surface area contributed by atoms with E-state index < -0.39 is 6.04 Å². The predicted molar refractivity (Wildman–Crippen MR) is 107 cm³/mol. The minimum absolute atomic E-state index is 0. The number of anilines is 2. The number of hydrogen-bond donors (Lipinski definition) is 2. The van der Waals surface area contributed by atoms with Crippen molar-refractivity contribution >= 4 is 42.2 Å². The van der Waals surface area contributed by atoms with E-state index in [4.69, 9.17) is 5.73 Å². The van der Waals surface area contributed by atoms with E-state index in [0.29, 0.717) is 12.1 Å². The van der Waals surface area contributed by atoms with Gasteiger partial charge in [0.05, 0.1) is 17.9 Å². The van der Waals surface area contributed by atoms with Crippen molar-refractivity contribution in [2.45, 2.75) is 25.3 Å². The van der Waals surface area contributed by atoms with E-state index in [1.807, 2.05) is 42.5 Å². The van der Waals surface area contributed by atoms with E-state index in [0.717, 1.165) is 24.5 Å². The summed E-state index contributed by atoms with van der Waals surface area (Å²) in [7, 11) is 0. The normalized spacial score (nSPS) is 14.2. The van der Waals surface area contributed by atoms with Gasteiger partial charge in [0.1, 0.15) is 5.82 Å². The molecule has 3 N–H and O–H groups in total. The molecule has 0 saturated carbocycles. The Bertz CT molecular complexity index is 646. The number of carbonyl (C=O) groups excluding carboxylic acids is 1. The first-order valence-corrected chi connectivity index (χ1v) is 8.04. The van der Waals surface area contributed by atoms with Gasteiger partial charge in [0.25, 0.3) is 0 Å². The Morgan fingerprint density at radius 3 is 2.40 bits per heavy atom. The molecule has 1 fully saturated rings. The van der Waals surface area contributed by atoms with Gasteiger partial charge in [-0.05, 0) is 37.0 Å². The van der Waals surface area contributed by atoms with E-state index in [9.17, 15) is 4.79 Å². The topological polar surface area (TPSA) is 71.2 Å². The van der Waals surface area contributed by atoms with Crippen LogP contribution in [0.3, 0.4) is 0 Å². The molecule has 2 aromatic rings. The average Bonchev–Trinajstić information content (AvgIpc) is 3.11. The molecule has 1 atom stereocenters. The maximum Gasteiger partial charge on any atom is 0.241 e. The molecular weight excluding hydrogens is 359 g/mol. The molecular formula is C18H24Cl2N4O. The largest absolute Gasteiger partial charge is 0.357 e. The molecule has 2 heterocycles. The fourth-order valence-electron chi connectivity index (χ4n) is 2.79. The van der Waals surface area contributed by atoms with Gasteiger partial charge in [-0.15, -0.1) is 24.8 Å². The Labute approximate surface area is 160 Å². The quantitative estimate of drug-likeness (QED) is 0.833. The number of nitrogens with zero attached hydrogens (tertiary/aromatic N) is 2. The highest BCUT2D eigenvalue weighted by atomic mass is 35.5. The van der Waals surface area contributed by atoms with Crippen molar-refractivity contribution in [2.24, 2.45) is 5.73 Å². The van der Waals surface area contributed by atoms with Crippen molar-refractivity contribution in [1.29, 1.82) is 0 Å². The highest BCUT2D eigenvalue weighted by molar-refractivity contribution is 5.94. The Balaban J connectivity index is 0.00000156. The second-order valence-electron chi connectivity index (χ2n) is 5.88. The van der Waals surface area contributed by atoms with Gasteiger partial charge in [-0.25, -0.2) is 4.98 Å². The third-order valence-electron chi connectivity index (χ3n) is 4.08. The van der Waals surface area contributed by atoms with E-state index in [1.54, 1.807) is 6.20 Å². The summed E-state index contributed by atoms with van der Waals surface area (Å²) >= 11 is 0. The second kappa shape index (κ2) is 10.2. The zero-order valence-electron chi connectivity index (χ0n) is 13.9. The Morgan fingerprint density at radius 2 is 1.80 bits per heavy atom. The summed E-state index contributed by atoms with van der Waals surface area (Å²) in [5, 5.41) is 2.83. The van der Waals surface area contributed by atoms with Gasteiger partial charge in [0.15, 0.2) is 0 Å². The molecule has 1 aliphatic heterocycles. The summed E-state index contributed by atoms with van der Waals surface area (Å²) in [6.07, 6.45) is 4.65. The van der Waals surface area contributed by atoms with Crippen LogP contribution in [0.4, 0.5) is 11.5 Å². The lowest BCUT2D eigenvalue weighted by atomic mass is 10.1. The number of pyridine rings is 1. The summed E-state index contributed by atoms with van der Waals surface area (Å²) < 4.78 is 0. The van der Waals surface area contributed by atoms with Crippen molar-refractivity contribution in [3.63, 3.8) is 0 Å². The molecule has 1 aromatic carbocycles. The third kappa shape index (κ3) is 5.88. The summed E-state index contributed by atoms with van der Waals surface area (Å²) in [5.41, 5.74) is 7.72. The first-order valence-electron chi connectivity index (χ1n) is 8.04. The summed E-state index contributed by atoms with van der Waals surface area (Å²) in [5.74, 6) is 0.777. The summed E-state index contributed by atoms with van der Waals surface area (Å²) in [6, 6.07) is 13.0. The van der Waals surface area contributed by atoms with Crippen LogP contribution in [0, 0.1) is 0 Å². The van der Waals surface area contributed by atoms with Gasteiger partial charge in [-0.1, -0.05) is 30.3 Å². The molecule has 0 radical (unpaired) electrons. The van der Waals surface area contributed by atoms with Crippen molar-refractivity contribution < 1.29 is 4.79 Å². The number of aromatic nitrogens is 1. The first-order chi connectivity index (χ1) is 11.2. The number of benzene rings is 1. The molecule has 0 bridgehead atoms. The summed E-state index contributed by atoms with van der Waals surface area (Å²) in [6.45, 7) is 2.11. The maximum absolute atomic E-state index is 12.2. The van der Waals surface area contributed by atoms with Crippen LogP contribution < -0.4 is 16.0 Å². The highest BCUT2D eigenvalue weighted by Crippen LogP contribution is 2.19. The number of nitrogens with two attached hydrogens (primary N) is 1. The van der Waals surface area contributed by atoms with Gasteiger partial charge >= 0.3 is 0 Å². The molecule has 1 saturated heterocycles. The molecule has 136 valence electrons. The van der Waals surface area contributed by atoms with Crippen LogP contribution >= 0.6 is 24.8 Å². The smallest absolute Gasteiger partial charge is 0.241 e. The summed E-state index contributed by atoms with van der Waals surface area (Å²) in [4.78, 5) is 18.9. The van der Waals surface area contributed by atoms with Crippen molar-refractivity contribution in [2.75, 3.05) is 23.3 Å². The molecule has 0 aliphatic carbocycles. The number of carbonyl (C=O) groups is 1. The van der Waals surface area contributed by atoms with Crippen molar-refractivity contribution in [3.05, 3.63) is 54.2 Å². The highest BCUT2D eigenvalue weighted by Gasteiger charge is 2.16. The van der Waals surface area contributed by atoms with E-state index in [-0.39, 0.29) is 30.7 Å². The van der Waals surface area contributed by atoms with Crippen LogP contribution in [-0.4, -0.2) is 30.0 Å². The number of halogens is 2. The van der Waals surface area contributed by atoms with Crippen LogP contribution in [-0.2, 0) is 11.2 Å². The Hall–Kier alpha value is -1.82. The van der Waals surface area contributed by atoms with Crippen LogP contribution in [0.5, 0.6) is 0 Å². The molecule has 1 aromatic heterocycles. The maximum atomic E-state index is 12.2. The molecule has 3 rings (SSSR count). The molecule has 25 heavy (non-hydrogen) atoms. The number of amides is 1. The minimum Gasteiger partial charge on any atom is -0.357 e. The average molecular weight is 383 g/mol. The Kier molecular flexibility index (Phi) is 8.69. The van der Waals surface area contributed by atoms with E-state index in [1.165, 1.54) is 12.8 Å². The number of hydrogen-bond acceptors (Lipinski definition) is 4. The molecule has 1 amide bonds. The van der Waals surface area contributed by atoms with Gasteiger partial charge in [0, 0.05) is 13.1 Å². The second-order valence-corrected chi connectivity index (χ2v) is 5.88. The fourth-order valence-corrected chi connectivity index (χ4v) is 2.79. The third-order valence-corrected chi connectivity index (χ3v) is 4.08. The standard InChI is InChI=1S/C18H22N4O.2ClH/c19-16(12-14-6-2-1-3-7-14)18(23)21-15-8-9-17(20-13-15)22-10-4-5-11-22;;/h1-3,6-9,13,16H,4-5,10-12,19H2,(H,21,23);2*1H/t16-;;/m0../s1. The zero-order chi connectivity index (χ0) is 16.1. The van der Waals surface area contributed by atoms with Gasteiger partial charge in [-0.3, -0.25) is 4.79 Å². The molecule has 1 aliphatic rings. The minimum atomic E-state index is -0.573. The molecule has 0 spiro atoms. The SMILES string of the molecule is Cl.Cl.N[C@@H](Cc1ccccc1)C(=O)Nc1ccc(N2CCCC2)nc1. The van der Waals surface area contributed by atoms with Gasteiger partial charge in [-0.2, -0.15) is 0 Å². The van der Waals surface area contributed by atoms with Crippen molar-refractivity contribution in [3.8, 4) is 0 Å². The van der Waals surface area contributed by atoms with Gasteiger partial charge < -0.3 is 16.0 Å². The van der Waals surface area contributed by atoms with Crippen LogP contribution in [0.1, 0.15) is 18.4 Å². The fraction of sp³-hybridized carbons (Fsp3) is 0.333. The molecule has 0 unspecified atom stereocenters. The lowest BCUT2D eigenvalue weighted by Crippen LogP contribution is -2.37. The van der Waals surface area contributed by atoms with E-state index in [2.05, 4.69) is 15.2 Å². The Morgan fingerprint density at radius 1 is 1.12 bits per heavy atom. The molecule has 7 heteroatoms. The van der Waals surface area contributed by atoms with Gasteiger partial charge in [0.2, 0.25) is 5.91 Å². The lowest BCUT2D eigenvalue weighted by molar-refractivity contribution is -0.117. The number of nitrogens with one attached hydrogen (secondary N) is 1. The monoisotopic (exact) mass is 382 g/mol. The lowest BCUT2D eigenvalue weighted by Gasteiger charge is -2.17. The zero-order valence-corrected chi connectivity index (χ0v) is 15.6. The molecule has 5 nitrogen and oxygen atoms in total. The first kappa shape index (κ1) is 21.2. The van der Waals surface area contributed by atoms with Crippen molar-refractivity contribution in [1.82, 2.24) is 4.98 Å². The predicted octanol–water partition coefficient (Wildman–Crippen LogP) is 3.03. The van der Waals surface area contributed by atoms with E-state index >= 15 is 0 Å². The number of rotatable bonds is 5. The van der Waals surface area contributed by atoms with Crippen LogP contribution in [0.15, 0.2) is 48.7 Å². The van der Waals surface area contributed by atoms with Crippen LogP contribution in [0.2, 0.25) is 0 Å². The van der Waals surface area contributed by atoms with Crippen LogP contribution in [0.25, 0.3) is 0 Å².